The summed E-state index contributed by atoms with van der Waals surface area (Å²) in [6.07, 6.45) is 0. The second-order valence-corrected chi connectivity index (χ2v) is 5.20. The van der Waals surface area contributed by atoms with Crippen molar-refractivity contribution in [3.05, 3.63) is 65.4 Å². The first-order chi connectivity index (χ1) is 10.1. The Morgan fingerprint density at radius 2 is 1.81 bits per heavy atom. The molecule has 3 heteroatoms. The first-order valence-electron chi connectivity index (χ1n) is 6.98. The SMILES string of the molecule is Cc1ccc2cccc(OCc3cccc(N)c3C)c2n1. The highest BCUT2D eigenvalue weighted by molar-refractivity contribution is 5.84. The molecule has 3 nitrogen and oxygen atoms in total. The van der Waals surface area contributed by atoms with E-state index in [9.17, 15) is 0 Å². The molecule has 106 valence electrons. The summed E-state index contributed by atoms with van der Waals surface area (Å²) in [4.78, 5) is 4.58. The fourth-order valence-electron chi connectivity index (χ4n) is 2.35. The highest BCUT2D eigenvalue weighted by Crippen LogP contribution is 2.25. The van der Waals surface area contributed by atoms with Crippen LogP contribution in [0.5, 0.6) is 5.75 Å². The van der Waals surface area contributed by atoms with Crippen LogP contribution in [0.3, 0.4) is 0 Å². The van der Waals surface area contributed by atoms with Gasteiger partial charge in [-0.15, -0.1) is 0 Å². The van der Waals surface area contributed by atoms with E-state index in [1.54, 1.807) is 0 Å². The number of nitrogens with zero attached hydrogens (tertiary/aromatic N) is 1. The largest absolute Gasteiger partial charge is 0.487 e. The third kappa shape index (κ3) is 2.68. The zero-order valence-corrected chi connectivity index (χ0v) is 12.3. The lowest BCUT2D eigenvalue weighted by Crippen LogP contribution is -2.01. The molecule has 0 aliphatic carbocycles. The van der Waals surface area contributed by atoms with E-state index in [0.29, 0.717) is 6.61 Å². The molecule has 0 unspecified atom stereocenters. The van der Waals surface area contributed by atoms with E-state index in [4.69, 9.17) is 10.5 Å². The van der Waals surface area contributed by atoms with E-state index < -0.39 is 0 Å². The van der Waals surface area contributed by atoms with Crippen LogP contribution in [0.15, 0.2) is 48.5 Å². The van der Waals surface area contributed by atoms with Gasteiger partial charge in [0.15, 0.2) is 0 Å². The maximum Gasteiger partial charge on any atom is 0.146 e. The number of hydrogen-bond acceptors (Lipinski definition) is 3. The summed E-state index contributed by atoms with van der Waals surface area (Å²) in [6.45, 7) is 4.49. The van der Waals surface area contributed by atoms with Crippen molar-refractivity contribution in [2.75, 3.05) is 5.73 Å². The van der Waals surface area contributed by atoms with Crippen LogP contribution in [0.2, 0.25) is 0 Å². The summed E-state index contributed by atoms with van der Waals surface area (Å²) in [5.41, 5.74) is 10.8. The van der Waals surface area contributed by atoms with Crippen LogP contribution < -0.4 is 10.5 Å². The second kappa shape index (κ2) is 5.44. The van der Waals surface area contributed by atoms with Gasteiger partial charge in [0.2, 0.25) is 0 Å². The molecule has 2 N–H and O–H groups in total. The molecule has 3 rings (SSSR count). The van der Waals surface area contributed by atoms with Gasteiger partial charge < -0.3 is 10.5 Å². The molecule has 0 aliphatic rings. The van der Waals surface area contributed by atoms with Crippen molar-refractivity contribution in [3.63, 3.8) is 0 Å². The Labute approximate surface area is 124 Å². The minimum Gasteiger partial charge on any atom is -0.487 e. The minimum atomic E-state index is 0.492. The van der Waals surface area contributed by atoms with E-state index in [1.165, 1.54) is 0 Å². The predicted octanol–water partition coefficient (Wildman–Crippen LogP) is 4.01. The lowest BCUT2D eigenvalue weighted by molar-refractivity contribution is 0.308. The third-order valence-electron chi connectivity index (χ3n) is 3.69. The second-order valence-electron chi connectivity index (χ2n) is 5.20. The number of ether oxygens (including phenoxy) is 1. The van der Waals surface area contributed by atoms with Crippen molar-refractivity contribution in [3.8, 4) is 5.75 Å². The number of pyridine rings is 1. The molecule has 0 saturated carbocycles. The maximum absolute atomic E-state index is 5.98. The summed E-state index contributed by atoms with van der Waals surface area (Å²) in [6, 6.07) is 16.0. The molecule has 0 aliphatic heterocycles. The Morgan fingerprint density at radius 1 is 1.00 bits per heavy atom. The van der Waals surface area contributed by atoms with Crippen LogP contribution in [-0.4, -0.2) is 4.98 Å². The highest BCUT2D eigenvalue weighted by atomic mass is 16.5. The first-order valence-corrected chi connectivity index (χ1v) is 6.98. The molecule has 0 amide bonds. The van der Waals surface area contributed by atoms with Gasteiger partial charge in [-0.25, -0.2) is 4.98 Å². The predicted molar refractivity (Wildman–Crippen MR) is 86.4 cm³/mol. The van der Waals surface area contributed by atoms with Crippen LogP contribution in [0.1, 0.15) is 16.8 Å². The normalized spacial score (nSPS) is 10.8. The van der Waals surface area contributed by atoms with Crippen LogP contribution in [0.4, 0.5) is 5.69 Å². The molecule has 0 saturated heterocycles. The molecule has 0 spiro atoms. The molecule has 1 heterocycles. The van der Waals surface area contributed by atoms with Gasteiger partial charge >= 0.3 is 0 Å². The van der Waals surface area contributed by atoms with E-state index in [1.807, 2.05) is 56.3 Å². The van der Waals surface area contributed by atoms with E-state index >= 15 is 0 Å². The van der Waals surface area contributed by atoms with Crippen LogP contribution in [-0.2, 0) is 6.61 Å². The number of fused-ring (bicyclic) bond motifs is 1. The van der Waals surface area contributed by atoms with Crippen molar-refractivity contribution in [1.29, 1.82) is 0 Å². The average Bonchev–Trinajstić information content (AvgIpc) is 2.49. The molecule has 3 aromatic rings. The Kier molecular flexibility index (Phi) is 3.48. The molecule has 0 bridgehead atoms. The minimum absolute atomic E-state index is 0.492. The van der Waals surface area contributed by atoms with Crippen molar-refractivity contribution in [1.82, 2.24) is 4.98 Å². The summed E-state index contributed by atoms with van der Waals surface area (Å²) >= 11 is 0. The third-order valence-corrected chi connectivity index (χ3v) is 3.69. The lowest BCUT2D eigenvalue weighted by Gasteiger charge is -2.12. The number of hydrogen-bond donors (Lipinski definition) is 1. The number of nitrogens with two attached hydrogens (primary N) is 1. The van der Waals surface area contributed by atoms with Gasteiger partial charge in [0.25, 0.3) is 0 Å². The number of aryl methyl sites for hydroxylation is 1. The maximum atomic E-state index is 5.98. The van der Waals surface area contributed by atoms with Crippen molar-refractivity contribution >= 4 is 16.6 Å². The molecule has 1 aromatic heterocycles. The fraction of sp³-hybridized carbons (Fsp3) is 0.167. The number of para-hydroxylation sites is 1. The Balaban J connectivity index is 1.92. The lowest BCUT2D eigenvalue weighted by atomic mass is 10.1. The molecule has 0 radical (unpaired) electrons. The Hall–Kier alpha value is -2.55. The zero-order chi connectivity index (χ0) is 14.8. The Morgan fingerprint density at radius 3 is 2.67 bits per heavy atom. The number of nitrogen functional groups attached to an aromatic ring is 1. The molecule has 0 atom stereocenters. The topological polar surface area (TPSA) is 48.1 Å². The number of benzene rings is 2. The van der Waals surface area contributed by atoms with Crippen LogP contribution >= 0.6 is 0 Å². The van der Waals surface area contributed by atoms with Crippen molar-refractivity contribution in [2.24, 2.45) is 0 Å². The molecular weight excluding hydrogens is 260 g/mol. The average molecular weight is 278 g/mol. The summed E-state index contributed by atoms with van der Waals surface area (Å²) < 4.78 is 5.98. The van der Waals surface area contributed by atoms with E-state index in [0.717, 1.165) is 39.2 Å². The number of aromatic nitrogens is 1. The van der Waals surface area contributed by atoms with Gasteiger partial charge in [0.05, 0.1) is 0 Å². The van der Waals surface area contributed by atoms with Crippen LogP contribution in [0, 0.1) is 13.8 Å². The standard InChI is InChI=1S/C18H18N2O/c1-12-9-10-14-5-4-8-17(18(14)20-12)21-11-15-6-3-7-16(19)13(15)2/h3-10H,11,19H2,1-2H3. The van der Waals surface area contributed by atoms with E-state index in [2.05, 4.69) is 11.1 Å². The van der Waals surface area contributed by atoms with Gasteiger partial charge in [0, 0.05) is 16.8 Å². The van der Waals surface area contributed by atoms with E-state index in [-0.39, 0.29) is 0 Å². The van der Waals surface area contributed by atoms with Gasteiger partial charge in [-0.2, -0.15) is 0 Å². The summed E-state index contributed by atoms with van der Waals surface area (Å²) in [5, 5.41) is 1.09. The quantitative estimate of drug-likeness (QED) is 0.736. The van der Waals surface area contributed by atoms with Crippen molar-refractivity contribution < 1.29 is 4.74 Å². The first kappa shape index (κ1) is 13.4. The van der Waals surface area contributed by atoms with Gasteiger partial charge in [-0.1, -0.05) is 30.3 Å². The van der Waals surface area contributed by atoms with Gasteiger partial charge in [0.1, 0.15) is 17.9 Å². The summed E-state index contributed by atoms with van der Waals surface area (Å²) in [7, 11) is 0. The van der Waals surface area contributed by atoms with Crippen LogP contribution in [0.25, 0.3) is 10.9 Å². The summed E-state index contributed by atoms with van der Waals surface area (Å²) in [5.74, 6) is 0.804. The molecule has 21 heavy (non-hydrogen) atoms. The molecule has 0 fully saturated rings. The Bertz CT molecular complexity index is 796. The highest BCUT2D eigenvalue weighted by Gasteiger charge is 2.06. The fourth-order valence-corrected chi connectivity index (χ4v) is 2.35. The van der Waals surface area contributed by atoms with Gasteiger partial charge in [-0.05, 0) is 43.2 Å². The van der Waals surface area contributed by atoms with Crippen molar-refractivity contribution in [2.45, 2.75) is 20.5 Å². The number of anilines is 1. The van der Waals surface area contributed by atoms with Gasteiger partial charge in [-0.3, -0.25) is 0 Å². The zero-order valence-electron chi connectivity index (χ0n) is 12.3. The smallest absolute Gasteiger partial charge is 0.146 e. The number of rotatable bonds is 3. The monoisotopic (exact) mass is 278 g/mol. The molecule has 2 aromatic carbocycles. The molecular formula is C18H18N2O.